The molecule has 41 heavy (non-hydrogen) atoms. The molecule has 0 aliphatic rings. The van der Waals surface area contributed by atoms with E-state index < -0.39 is 17.8 Å². The molecule has 1 heterocycles. The number of pyridine rings is 1. The summed E-state index contributed by atoms with van der Waals surface area (Å²) in [5.74, 6) is -0.105. The average Bonchev–Trinajstić information content (AvgIpc) is 2.95. The smallest absolute Gasteiger partial charge is 0.416 e. The molecule has 0 aliphatic heterocycles. The Morgan fingerprint density at radius 2 is 1.51 bits per heavy atom. The molecule has 0 unspecified atom stereocenters. The number of aromatic nitrogens is 1. The maximum atomic E-state index is 13.2. The first kappa shape index (κ1) is 31.8. The third-order valence-corrected chi connectivity index (χ3v) is 5.82. The number of carbonyl (C=O) groups excluding carboxylic acids is 1. The normalized spacial score (nSPS) is 11.4. The Kier molecular flexibility index (Phi) is 12.3. The summed E-state index contributed by atoms with van der Waals surface area (Å²) in [6.45, 7) is 3.23. The van der Waals surface area contributed by atoms with E-state index >= 15 is 0 Å². The van der Waals surface area contributed by atoms with Crippen LogP contribution in [-0.2, 0) is 25.1 Å². The highest BCUT2D eigenvalue weighted by Gasteiger charge is 2.30. The Hall–Kier alpha value is -3.71. The van der Waals surface area contributed by atoms with Crippen LogP contribution in [0.5, 0.6) is 11.6 Å². The van der Waals surface area contributed by atoms with Crippen LogP contribution in [0.25, 0.3) is 22.3 Å². The van der Waals surface area contributed by atoms with Gasteiger partial charge in [-0.3, -0.25) is 0 Å². The van der Waals surface area contributed by atoms with Gasteiger partial charge in [-0.05, 0) is 47.0 Å². The molecule has 3 rings (SSSR count). The van der Waals surface area contributed by atoms with Crippen LogP contribution in [0, 0.1) is 0 Å². The van der Waals surface area contributed by atoms with Crippen molar-refractivity contribution < 1.29 is 46.8 Å². The number of alkyl halides is 3. The quantitative estimate of drug-likeness (QED) is 0.244. The minimum atomic E-state index is -4.48. The Balaban J connectivity index is 1.52. The number of phenols is 1. The number of phenolic OH excluding ortho intramolecular Hbond substituents is 1. The van der Waals surface area contributed by atoms with Crippen molar-refractivity contribution in [3.8, 4) is 33.9 Å². The van der Waals surface area contributed by atoms with Crippen molar-refractivity contribution in [2.75, 3.05) is 67.0 Å². The molecule has 0 saturated heterocycles. The molecular weight excluding hydrogens is 545 g/mol. The van der Waals surface area contributed by atoms with Crippen molar-refractivity contribution in [3.63, 3.8) is 0 Å². The van der Waals surface area contributed by atoms with Crippen LogP contribution in [0.3, 0.4) is 0 Å². The van der Waals surface area contributed by atoms with Crippen LogP contribution >= 0.6 is 0 Å². The lowest BCUT2D eigenvalue weighted by Crippen LogP contribution is -2.33. The van der Waals surface area contributed by atoms with E-state index in [9.17, 15) is 23.1 Å². The van der Waals surface area contributed by atoms with E-state index in [1.54, 1.807) is 32.4 Å². The summed E-state index contributed by atoms with van der Waals surface area (Å²) < 4.78 is 65.9. The molecule has 0 fully saturated rings. The van der Waals surface area contributed by atoms with Crippen molar-refractivity contribution in [1.29, 1.82) is 0 Å². The number of hydrogen-bond acceptors (Lipinski definition) is 8. The number of amides is 1. The van der Waals surface area contributed by atoms with Gasteiger partial charge in [-0.1, -0.05) is 18.2 Å². The molecule has 222 valence electrons. The highest BCUT2D eigenvalue weighted by atomic mass is 19.4. The molecule has 0 bridgehead atoms. The molecule has 0 aliphatic carbocycles. The van der Waals surface area contributed by atoms with Gasteiger partial charge < -0.3 is 33.7 Å². The number of benzene rings is 2. The maximum absolute atomic E-state index is 13.2. The van der Waals surface area contributed by atoms with Gasteiger partial charge in [0, 0.05) is 38.5 Å². The van der Waals surface area contributed by atoms with Gasteiger partial charge in [0.2, 0.25) is 5.88 Å². The van der Waals surface area contributed by atoms with Crippen LogP contribution in [0.2, 0.25) is 0 Å². The average molecular weight is 579 g/mol. The first-order chi connectivity index (χ1) is 19.7. The van der Waals surface area contributed by atoms with Crippen LogP contribution < -0.4 is 4.74 Å². The standard InChI is InChI=1S/C29H33F3N2O7/c1-34(10-11-38-14-15-40-17-16-39-13-12-37-2)28(36)41-27-20-23(8-9-33-27)25-19-22(6-7-26(25)35)21-4-3-5-24(18-21)29(30,31)32/h3-9,18-20,35H,10-17H2,1-2H3. The Morgan fingerprint density at radius 1 is 0.854 bits per heavy atom. The second-order valence-electron chi connectivity index (χ2n) is 8.81. The highest BCUT2D eigenvalue weighted by molar-refractivity contribution is 5.78. The van der Waals surface area contributed by atoms with E-state index in [0.717, 1.165) is 12.1 Å². The lowest BCUT2D eigenvalue weighted by molar-refractivity contribution is -0.137. The number of nitrogens with zero attached hydrogens (tertiary/aromatic N) is 2. The zero-order valence-corrected chi connectivity index (χ0v) is 22.9. The summed E-state index contributed by atoms with van der Waals surface area (Å²) in [6, 6.07) is 12.5. The minimum Gasteiger partial charge on any atom is -0.507 e. The van der Waals surface area contributed by atoms with E-state index in [4.69, 9.17) is 23.7 Å². The van der Waals surface area contributed by atoms with Crippen molar-refractivity contribution in [2.24, 2.45) is 0 Å². The summed E-state index contributed by atoms with van der Waals surface area (Å²) in [5, 5.41) is 10.5. The molecule has 9 nitrogen and oxygen atoms in total. The summed E-state index contributed by atoms with van der Waals surface area (Å²) >= 11 is 0. The highest BCUT2D eigenvalue weighted by Crippen LogP contribution is 2.36. The van der Waals surface area contributed by atoms with Gasteiger partial charge in [0.05, 0.1) is 51.8 Å². The number of carbonyl (C=O) groups is 1. The van der Waals surface area contributed by atoms with Gasteiger partial charge in [-0.25, -0.2) is 9.78 Å². The van der Waals surface area contributed by atoms with Crippen molar-refractivity contribution in [2.45, 2.75) is 6.18 Å². The Labute approximate surface area is 236 Å². The van der Waals surface area contributed by atoms with Gasteiger partial charge in [-0.15, -0.1) is 0 Å². The first-order valence-corrected chi connectivity index (χ1v) is 12.8. The van der Waals surface area contributed by atoms with E-state index in [2.05, 4.69) is 4.98 Å². The van der Waals surface area contributed by atoms with Gasteiger partial charge in [0.25, 0.3) is 0 Å². The van der Waals surface area contributed by atoms with E-state index in [0.29, 0.717) is 61.9 Å². The number of hydrogen-bond donors (Lipinski definition) is 1. The molecular formula is C29H33F3N2O7. The third-order valence-electron chi connectivity index (χ3n) is 5.82. The zero-order valence-electron chi connectivity index (χ0n) is 22.9. The number of ether oxygens (including phenoxy) is 5. The monoisotopic (exact) mass is 578 g/mol. The molecule has 0 atom stereocenters. The second-order valence-corrected chi connectivity index (χ2v) is 8.81. The fraction of sp³-hybridized carbons (Fsp3) is 0.379. The van der Waals surface area contributed by atoms with Crippen LogP contribution in [0.15, 0.2) is 60.8 Å². The molecule has 1 aromatic heterocycles. The Bertz CT molecular complexity index is 1260. The molecule has 3 aromatic rings. The predicted octanol–water partition coefficient (Wildman–Crippen LogP) is 5.27. The SMILES string of the molecule is COCCOCCOCCOCCN(C)C(=O)Oc1cc(-c2cc(-c3cccc(C(F)(F)F)c3)ccc2O)ccn1. The van der Waals surface area contributed by atoms with E-state index in [1.807, 2.05) is 0 Å². The van der Waals surface area contributed by atoms with Gasteiger partial charge >= 0.3 is 12.3 Å². The molecule has 0 radical (unpaired) electrons. The van der Waals surface area contributed by atoms with Gasteiger partial charge in [0.15, 0.2) is 0 Å². The number of aromatic hydroxyl groups is 1. The van der Waals surface area contributed by atoms with Crippen molar-refractivity contribution in [1.82, 2.24) is 9.88 Å². The van der Waals surface area contributed by atoms with Crippen LogP contribution in [0.4, 0.5) is 18.0 Å². The molecule has 1 N–H and O–H groups in total. The third kappa shape index (κ3) is 10.3. The molecule has 2 aromatic carbocycles. The second kappa shape index (κ2) is 15.9. The molecule has 1 amide bonds. The minimum absolute atomic E-state index is 0.00902. The maximum Gasteiger partial charge on any atom is 0.416 e. The topological polar surface area (TPSA) is 99.6 Å². The number of halogens is 3. The summed E-state index contributed by atoms with van der Waals surface area (Å²) in [6.07, 6.45) is -3.74. The molecule has 12 heteroatoms. The Morgan fingerprint density at radius 3 is 2.20 bits per heavy atom. The number of likely N-dealkylation sites (N-methyl/N-ethyl adjacent to an activating group) is 1. The fourth-order valence-corrected chi connectivity index (χ4v) is 3.60. The van der Waals surface area contributed by atoms with Crippen LogP contribution in [-0.4, -0.2) is 88.0 Å². The van der Waals surface area contributed by atoms with Gasteiger partial charge in [0.1, 0.15) is 5.75 Å². The summed E-state index contributed by atoms with van der Waals surface area (Å²) in [5.41, 5.74) is 0.836. The first-order valence-electron chi connectivity index (χ1n) is 12.8. The number of methoxy groups -OCH3 is 1. The van der Waals surface area contributed by atoms with E-state index in [1.165, 1.54) is 35.4 Å². The lowest BCUT2D eigenvalue weighted by Gasteiger charge is -2.17. The summed E-state index contributed by atoms with van der Waals surface area (Å²) in [7, 11) is 3.15. The lowest BCUT2D eigenvalue weighted by atomic mass is 9.97. The van der Waals surface area contributed by atoms with E-state index in [-0.39, 0.29) is 24.8 Å². The van der Waals surface area contributed by atoms with Gasteiger partial charge in [-0.2, -0.15) is 13.2 Å². The van der Waals surface area contributed by atoms with Crippen molar-refractivity contribution in [3.05, 3.63) is 66.4 Å². The molecule has 0 saturated carbocycles. The number of rotatable bonds is 15. The largest absolute Gasteiger partial charge is 0.507 e. The summed E-state index contributed by atoms with van der Waals surface area (Å²) in [4.78, 5) is 17.9. The predicted molar refractivity (Wildman–Crippen MR) is 145 cm³/mol. The zero-order chi connectivity index (χ0) is 29.7. The van der Waals surface area contributed by atoms with Crippen molar-refractivity contribution >= 4 is 6.09 Å². The molecule has 0 spiro atoms. The fourth-order valence-electron chi connectivity index (χ4n) is 3.60. The van der Waals surface area contributed by atoms with Crippen LogP contribution in [0.1, 0.15) is 5.56 Å².